The standard InChI is InChI=1S/C25H18FN3OS/c26-20-11-5-6-12-21(20)27-25-28-24(30)23(31-25)14-18-16-29(15-17-8-2-1-3-9-17)22-13-7-4-10-19(18)22/h1-14,16H,15H2,(H,27,28,30)/b23-14-. The number of hydrogen-bond donors (Lipinski definition) is 1. The molecule has 1 aromatic heterocycles. The van der Waals surface area contributed by atoms with Gasteiger partial charge in [-0.15, -0.1) is 0 Å². The molecule has 4 aromatic rings. The number of nitrogens with one attached hydrogen (secondary N) is 1. The monoisotopic (exact) mass is 427 g/mol. The van der Waals surface area contributed by atoms with Gasteiger partial charge in [-0.2, -0.15) is 0 Å². The Morgan fingerprint density at radius 2 is 1.71 bits per heavy atom. The molecule has 0 spiro atoms. The van der Waals surface area contributed by atoms with E-state index in [-0.39, 0.29) is 11.6 Å². The molecule has 152 valence electrons. The zero-order valence-electron chi connectivity index (χ0n) is 16.5. The number of halogens is 1. The summed E-state index contributed by atoms with van der Waals surface area (Å²) in [7, 11) is 0. The quantitative estimate of drug-likeness (QED) is 0.424. The molecule has 1 aliphatic heterocycles. The van der Waals surface area contributed by atoms with Gasteiger partial charge in [0.15, 0.2) is 5.17 Å². The van der Waals surface area contributed by atoms with Crippen molar-refractivity contribution < 1.29 is 9.18 Å². The van der Waals surface area contributed by atoms with E-state index in [0.29, 0.717) is 10.1 Å². The normalized spacial score (nSPS) is 16.4. The van der Waals surface area contributed by atoms with E-state index in [1.54, 1.807) is 18.2 Å². The predicted molar refractivity (Wildman–Crippen MR) is 125 cm³/mol. The van der Waals surface area contributed by atoms with Gasteiger partial charge in [0.05, 0.1) is 4.91 Å². The Kier molecular flexibility index (Phi) is 5.14. The van der Waals surface area contributed by atoms with Crippen molar-refractivity contribution >= 4 is 45.5 Å². The fourth-order valence-electron chi connectivity index (χ4n) is 3.57. The summed E-state index contributed by atoms with van der Waals surface area (Å²) in [6.07, 6.45) is 3.93. The van der Waals surface area contributed by atoms with E-state index in [0.717, 1.165) is 23.0 Å². The SMILES string of the molecule is O=C1NC(=Nc2ccccc2F)S/C1=C\c1cn(Cc2ccccc2)c2ccccc12. The summed E-state index contributed by atoms with van der Waals surface area (Å²) >= 11 is 1.21. The molecule has 5 rings (SSSR count). The molecule has 0 unspecified atom stereocenters. The van der Waals surface area contributed by atoms with E-state index in [1.807, 2.05) is 36.4 Å². The highest BCUT2D eigenvalue weighted by Gasteiger charge is 2.24. The van der Waals surface area contributed by atoms with Crippen LogP contribution in [0.5, 0.6) is 0 Å². The molecule has 0 radical (unpaired) electrons. The second-order valence-electron chi connectivity index (χ2n) is 7.15. The lowest BCUT2D eigenvalue weighted by Gasteiger charge is -2.05. The van der Waals surface area contributed by atoms with E-state index < -0.39 is 5.82 Å². The van der Waals surface area contributed by atoms with Crippen LogP contribution in [0.2, 0.25) is 0 Å². The van der Waals surface area contributed by atoms with E-state index in [2.05, 4.69) is 45.3 Å². The summed E-state index contributed by atoms with van der Waals surface area (Å²) in [6.45, 7) is 0.740. The second-order valence-corrected chi connectivity index (χ2v) is 8.18. The van der Waals surface area contributed by atoms with E-state index >= 15 is 0 Å². The minimum Gasteiger partial charge on any atom is -0.342 e. The Morgan fingerprint density at radius 3 is 2.55 bits per heavy atom. The first-order valence-electron chi connectivity index (χ1n) is 9.83. The summed E-state index contributed by atoms with van der Waals surface area (Å²) in [4.78, 5) is 17.3. The summed E-state index contributed by atoms with van der Waals surface area (Å²) in [5, 5.41) is 4.17. The first kappa shape index (κ1) is 19.3. The topological polar surface area (TPSA) is 46.4 Å². The fraction of sp³-hybridized carbons (Fsp3) is 0.0400. The Hall–Kier alpha value is -3.64. The van der Waals surface area contributed by atoms with Crippen LogP contribution < -0.4 is 5.32 Å². The molecule has 0 bridgehead atoms. The zero-order valence-corrected chi connectivity index (χ0v) is 17.3. The second kappa shape index (κ2) is 8.24. The molecule has 6 heteroatoms. The van der Waals surface area contributed by atoms with Gasteiger partial charge in [-0.05, 0) is 41.6 Å². The van der Waals surface area contributed by atoms with Crippen LogP contribution in [0.15, 0.2) is 95.0 Å². The zero-order chi connectivity index (χ0) is 21.2. The third-order valence-corrected chi connectivity index (χ3v) is 5.94. The predicted octanol–water partition coefficient (Wildman–Crippen LogP) is 5.72. The van der Waals surface area contributed by atoms with Gasteiger partial charge in [0.1, 0.15) is 11.5 Å². The summed E-state index contributed by atoms with van der Waals surface area (Å²) in [6, 6.07) is 24.6. The van der Waals surface area contributed by atoms with Crippen molar-refractivity contribution in [3.63, 3.8) is 0 Å². The van der Waals surface area contributed by atoms with Crippen LogP contribution >= 0.6 is 11.8 Å². The Bertz CT molecular complexity index is 1340. The van der Waals surface area contributed by atoms with Crippen LogP contribution in [0, 0.1) is 5.82 Å². The molecule has 0 aliphatic carbocycles. The molecule has 1 amide bonds. The number of nitrogens with zero attached hydrogens (tertiary/aromatic N) is 2. The largest absolute Gasteiger partial charge is 0.342 e. The number of fused-ring (bicyclic) bond motifs is 1. The number of carbonyl (C=O) groups is 1. The average Bonchev–Trinajstić information content (AvgIpc) is 3.31. The van der Waals surface area contributed by atoms with E-state index in [4.69, 9.17) is 0 Å². The Morgan fingerprint density at radius 1 is 0.968 bits per heavy atom. The Labute approximate surface area is 183 Å². The molecule has 1 saturated heterocycles. The van der Waals surface area contributed by atoms with Gasteiger partial charge in [0.2, 0.25) is 0 Å². The molecule has 1 N–H and O–H groups in total. The minimum absolute atomic E-state index is 0.200. The van der Waals surface area contributed by atoms with Crippen molar-refractivity contribution in [1.29, 1.82) is 0 Å². The van der Waals surface area contributed by atoms with Gasteiger partial charge in [-0.25, -0.2) is 9.38 Å². The number of carbonyl (C=O) groups excluding carboxylic acids is 1. The van der Waals surface area contributed by atoms with Crippen LogP contribution in [-0.4, -0.2) is 15.6 Å². The molecule has 1 fully saturated rings. The van der Waals surface area contributed by atoms with Crippen molar-refractivity contribution in [3.05, 3.63) is 107 Å². The number of aliphatic imine (C=N–C) groups is 1. The van der Waals surface area contributed by atoms with Crippen LogP contribution in [0.25, 0.3) is 17.0 Å². The number of aromatic nitrogens is 1. The number of amides is 1. The lowest BCUT2D eigenvalue weighted by atomic mass is 10.1. The number of para-hydroxylation sites is 2. The highest BCUT2D eigenvalue weighted by Crippen LogP contribution is 2.31. The van der Waals surface area contributed by atoms with Crippen molar-refractivity contribution in [3.8, 4) is 0 Å². The van der Waals surface area contributed by atoms with Gasteiger partial charge < -0.3 is 9.88 Å². The first-order chi connectivity index (χ1) is 15.2. The maximum atomic E-state index is 13.9. The van der Waals surface area contributed by atoms with E-state index in [9.17, 15) is 9.18 Å². The van der Waals surface area contributed by atoms with Gasteiger partial charge >= 0.3 is 0 Å². The molecule has 0 saturated carbocycles. The summed E-state index contributed by atoms with van der Waals surface area (Å²) in [5.74, 6) is -0.661. The number of amidine groups is 1. The highest BCUT2D eigenvalue weighted by atomic mass is 32.2. The maximum absolute atomic E-state index is 13.9. The Balaban J connectivity index is 1.49. The smallest absolute Gasteiger partial charge is 0.264 e. The minimum atomic E-state index is -0.425. The third-order valence-electron chi connectivity index (χ3n) is 5.03. The first-order valence-corrected chi connectivity index (χ1v) is 10.6. The fourth-order valence-corrected chi connectivity index (χ4v) is 4.40. The van der Waals surface area contributed by atoms with E-state index in [1.165, 1.54) is 23.4 Å². The molecular weight excluding hydrogens is 409 g/mol. The van der Waals surface area contributed by atoms with Crippen LogP contribution in [0.1, 0.15) is 11.1 Å². The number of hydrogen-bond acceptors (Lipinski definition) is 3. The van der Waals surface area contributed by atoms with Gasteiger partial charge in [0, 0.05) is 29.2 Å². The summed E-state index contributed by atoms with van der Waals surface area (Å²) in [5.41, 5.74) is 3.46. The molecule has 1 aliphatic rings. The maximum Gasteiger partial charge on any atom is 0.264 e. The van der Waals surface area contributed by atoms with Crippen LogP contribution in [0.3, 0.4) is 0 Å². The molecule has 4 nitrogen and oxygen atoms in total. The molecule has 31 heavy (non-hydrogen) atoms. The van der Waals surface area contributed by atoms with Crippen molar-refractivity contribution in [1.82, 2.24) is 9.88 Å². The summed E-state index contributed by atoms with van der Waals surface area (Å²) < 4.78 is 16.1. The lowest BCUT2D eigenvalue weighted by Crippen LogP contribution is -2.19. The number of thioether (sulfide) groups is 1. The number of benzene rings is 3. The van der Waals surface area contributed by atoms with Crippen molar-refractivity contribution in [2.24, 2.45) is 4.99 Å². The molecule has 3 aromatic carbocycles. The lowest BCUT2D eigenvalue weighted by molar-refractivity contribution is -0.115. The highest BCUT2D eigenvalue weighted by molar-refractivity contribution is 8.18. The van der Waals surface area contributed by atoms with Crippen LogP contribution in [0.4, 0.5) is 10.1 Å². The number of rotatable bonds is 4. The van der Waals surface area contributed by atoms with Gasteiger partial charge in [-0.3, -0.25) is 4.79 Å². The van der Waals surface area contributed by atoms with Crippen LogP contribution in [-0.2, 0) is 11.3 Å². The van der Waals surface area contributed by atoms with Crippen molar-refractivity contribution in [2.45, 2.75) is 6.54 Å². The van der Waals surface area contributed by atoms with Gasteiger partial charge in [0.25, 0.3) is 5.91 Å². The molecule has 0 atom stereocenters. The molecule has 2 heterocycles. The molecular formula is C25H18FN3OS. The van der Waals surface area contributed by atoms with Gasteiger partial charge in [-0.1, -0.05) is 60.7 Å². The van der Waals surface area contributed by atoms with Crippen molar-refractivity contribution in [2.75, 3.05) is 0 Å². The average molecular weight is 428 g/mol. The third kappa shape index (κ3) is 4.02.